The highest BCUT2D eigenvalue weighted by atomic mass is 16.2. The van der Waals surface area contributed by atoms with Crippen LogP contribution >= 0.6 is 0 Å². The lowest BCUT2D eigenvalue weighted by molar-refractivity contribution is -0.895. The number of hydrogen-bond donors (Lipinski definition) is 3. The van der Waals surface area contributed by atoms with E-state index in [0.717, 1.165) is 51.3 Å². The van der Waals surface area contributed by atoms with Crippen LogP contribution in [0.2, 0.25) is 0 Å². The van der Waals surface area contributed by atoms with Gasteiger partial charge in [-0.25, -0.2) is 0 Å². The normalized spacial score (nSPS) is 14.3. The maximum atomic E-state index is 13.0. The number of nitrogens with zero attached hydrogens (tertiary/aromatic N) is 1. The fraction of sp³-hybridized carbons (Fsp3) is 0.652. The lowest BCUT2D eigenvalue weighted by Crippen LogP contribution is -3.12. The summed E-state index contributed by atoms with van der Waals surface area (Å²) >= 11 is 0. The number of carbonyl (C=O) groups is 2. The molecule has 0 radical (unpaired) electrons. The molecule has 0 aliphatic carbocycles. The lowest BCUT2D eigenvalue weighted by Gasteiger charge is -2.30. The summed E-state index contributed by atoms with van der Waals surface area (Å²) in [7, 11) is 0. The summed E-state index contributed by atoms with van der Waals surface area (Å²) in [5.74, 6) is 0.229. The standard InChI is InChI=1S/C23H38N4O2/c1-5-26(6-2)15-12-24-23(29)20-17-19(25-22(28)16-18(3)4)10-11-21(20)27-13-8-7-9-14-27/h10-11,17-18H,5-9,12-16H2,1-4H3,(H,24,29)(H,25,28)/p+1. The van der Waals surface area contributed by atoms with Crippen molar-refractivity contribution in [3.8, 4) is 0 Å². The van der Waals surface area contributed by atoms with Gasteiger partial charge in [0.15, 0.2) is 0 Å². The molecule has 162 valence electrons. The van der Waals surface area contributed by atoms with Gasteiger partial charge >= 0.3 is 0 Å². The number of piperidine rings is 1. The molecule has 29 heavy (non-hydrogen) atoms. The van der Waals surface area contributed by atoms with Crippen LogP contribution < -0.4 is 20.4 Å². The third-order valence-corrected chi connectivity index (χ3v) is 5.58. The minimum Gasteiger partial charge on any atom is -0.371 e. The Balaban J connectivity index is 2.15. The molecule has 0 spiro atoms. The van der Waals surface area contributed by atoms with Gasteiger partial charge in [0.05, 0.1) is 31.7 Å². The van der Waals surface area contributed by atoms with Crippen molar-refractivity contribution in [2.24, 2.45) is 5.92 Å². The first-order valence-electron chi connectivity index (χ1n) is 11.2. The number of hydrogen-bond acceptors (Lipinski definition) is 3. The van der Waals surface area contributed by atoms with Crippen molar-refractivity contribution in [1.29, 1.82) is 0 Å². The number of rotatable bonds is 10. The first kappa shape index (κ1) is 23.2. The number of quaternary nitrogens is 1. The average Bonchev–Trinajstić information content (AvgIpc) is 2.71. The van der Waals surface area contributed by atoms with E-state index in [1.807, 2.05) is 32.0 Å². The van der Waals surface area contributed by atoms with Gasteiger partial charge in [0, 0.05) is 30.9 Å². The Labute approximate surface area is 176 Å². The summed E-state index contributed by atoms with van der Waals surface area (Å²) in [6.45, 7) is 14.0. The number of likely N-dealkylation sites (N-methyl/N-ethyl adjacent to an activating group) is 1. The Kier molecular flexibility index (Phi) is 9.45. The van der Waals surface area contributed by atoms with E-state index in [2.05, 4.69) is 29.4 Å². The zero-order chi connectivity index (χ0) is 21.2. The van der Waals surface area contributed by atoms with Crippen molar-refractivity contribution in [1.82, 2.24) is 5.32 Å². The van der Waals surface area contributed by atoms with Crippen molar-refractivity contribution >= 4 is 23.2 Å². The van der Waals surface area contributed by atoms with Gasteiger partial charge < -0.3 is 20.4 Å². The Bertz CT molecular complexity index is 665. The number of anilines is 2. The van der Waals surface area contributed by atoms with E-state index >= 15 is 0 Å². The van der Waals surface area contributed by atoms with Crippen LogP contribution in [0.3, 0.4) is 0 Å². The van der Waals surface area contributed by atoms with Gasteiger partial charge in [-0.05, 0) is 57.2 Å². The average molecular weight is 404 g/mol. The van der Waals surface area contributed by atoms with Crippen LogP contribution in [0.1, 0.15) is 63.7 Å². The third-order valence-electron chi connectivity index (χ3n) is 5.58. The molecule has 0 bridgehead atoms. The topological polar surface area (TPSA) is 65.9 Å². The van der Waals surface area contributed by atoms with Crippen LogP contribution in [0.5, 0.6) is 0 Å². The number of benzene rings is 1. The highest BCUT2D eigenvalue weighted by molar-refractivity contribution is 6.02. The molecule has 0 atom stereocenters. The first-order valence-corrected chi connectivity index (χ1v) is 11.2. The molecule has 6 nitrogen and oxygen atoms in total. The molecule has 0 saturated carbocycles. The summed E-state index contributed by atoms with van der Waals surface area (Å²) in [4.78, 5) is 29.0. The number of nitrogens with one attached hydrogen (secondary N) is 3. The van der Waals surface area contributed by atoms with Gasteiger partial charge in [0.1, 0.15) is 0 Å². The second-order valence-electron chi connectivity index (χ2n) is 8.39. The summed E-state index contributed by atoms with van der Waals surface area (Å²) in [6, 6.07) is 5.74. The molecular formula is C23H39N4O2+. The van der Waals surface area contributed by atoms with Crippen LogP contribution in [0.25, 0.3) is 0 Å². The summed E-state index contributed by atoms with van der Waals surface area (Å²) in [5.41, 5.74) is 2.32. The van der Waals surface area contributed by atoms with Gasteiger partial charge in [-0.3, -0.25) is 9.59 Å². The van der Waals surface area contributed by atoms with Crippen LogP contribution in [-0.2, 0) is 4.79 Å². The Morgan fingerprint density at radius 3 is 2.41 bits per heavy atom. The van der Waals surface area contributed by atoms with Crippen molar-refractivity contribution in [3.05, 3.63) is 23.8 Å². The predicted molar refractivity (Wildman–Crippen MR) is 120 cm³/mol. The third kappa shape index (κ3) is 7.35. The predicted octanol–water partition coefficient (Wildman–Crippen LogP) is 2.32. The van der Waals surface area contributed by atoms with Gasteiger partial charge in [-0.1, -0.05) is 13.8 Å². The Hall–Kier alpha value is -2.08. The van der Waals surface area contributed by atoms with E-state index in [9.17, 15) is 9.59 Å². The van der Waals surface area contributed by atoms with Crippen LogP contribution in [0, 0.1) is 5.92 Å². The Morgan fingerprint density at radius 1 is 1.10 bits per heavy atom. The second kappa shape index (κ2) is 11.8. The summed E-state index contributed by atoms with van der Waals surface area (Å²) in [5, 5.41) is 6.04. The molecule has 2 rings (SSSR count). The lowest BCUT2D eigenvalue weighted by atomic mass is 10.1. The van der Waals surface area contributed by atoms with Crippen molar-refractivity contribution < 1.29 is 14.5 Å². The zero-order valence-electron chi connectivity index (χ0n) is 18.6. The van der Waals surface area contributed by atoms with Crippen molar-refractivity contribution in [2.75, 3.05) is 49.5 Å². The molecule has 1 aromatic carbocycles. The van der Waals surface area contributed by atoms with E-state index in [1.54, 1.807) is 0 Å². The Morgan fingerprint density at radius 2 is 1.79 bits per heavy atom. The molecule has 1 fully saturated rings. The SMILES string of the molecule is CC[NH+](CC)CCNC(=O)c1cc(NC(=O)CC(C)C)ccc1N1CCCCC1. The molecule has 1 heterocycles. The highest BCUT2D eigenvalue weighted by Gasteiger charge is 2.20. The molecule has 1 aromatic rings. The van der Waals surface area contributed by atoms with Gasteiger partial charge in [0.25, 0.3) is 5.91 Å². The van der Waals surface area contributed by atoms with Crippen molar-refractivity contribution in [2.45, 2.75) is 53.4 Å². The molecule has 1 aliphatic rings. The zero-order valence-corrected chi connectivity index (χ0v) is 18.6. The largest absolute Gasteiger partial charge is 0.371 e. The molecule has 1 aliphatic heterocycles. The highest BCUT2D eigenvalue weighted by Crippen LogP contribution is 2.27. The summed E-state index contributed by atoms with van der Waals surface area (Å²) in [6.07, 6.45) is 4.02. The van der Waals surface area contributed by atoms with E-state index in [-0.39, 0.29) is 11.8 Å². The van der Waals surface area contributed by atoms with Crippen LogP contribution in [-0.4, -0.2) is 51.1 Å². The van der Waals surface area contributed by atoms with E-state index < -0.39 is 0 Å². The molecule has 6 heteroatoms. The minimum absolute atomic E-state index is 0.0118. The van der Waals surface area contributed by atoms with Crippen LogP contribution in [0.15, 0.2) is 18.2 Å². The molecule has 0 unspecified atom stereocenters. The van der Waals surface area contributed by atoms with E-state index in [0.29, 0.717) is 30.1 Å². The van der Waals surface area contributed by atoms with Gasteiger partial charge in [0.2, 0.25) is 5.91 Å². The maximum absolute atomic E-state index is 13.0. The smallest absolute Gasteiger partial charge is 0.253 e. The number of amides is 2. The molecule has 2 amide bonds. The van der Waals surface area contributed by atoms with E-state index in [1.165, 1.54) is 11.3 Å². The molecular weight excluding hydrogens is 364 g/mol. The monoisotopic (exact) mass is 403 g/mol. The molecule has 1 saturated heterocycles. The first-order chi connectivity index (χ1) is 13.9. The van der Waals surface area contributed by atoms with Crippen LogP contribution in [0.4, 0.5) is 11.4 Å². The second-order valence-corrected chi connectivity index (χ2v) is 8.39. The van der Waals surface area contributed by atoms with Gasteiger partial charge in [-0.2, -0.15) is 0 Å². The van der Waals surface area contributed by atoms with Gasteiger partial charge in [-0.15, -0.1) is 0 Å². The quantitative estimate of drug-likeness (QED) is 0.562. The fourth-order valence-electron chi connectivity index (χ4n) is 3.84. The molecule has 0 aromatic heterocycles. The fourth-order valence-corrected chi connectivity index (χ4v) is 3.84. The maximum Gasteiger partial charge on any atom is 0.253 e. The molecule has 3 N–H and O–H groups in total. The van der Waals surface area contributed by atoms with Crippen molar-refractivity contribution in [3.63, 3.8) is 0 Å². The van der Waals surface area contributed by atoms with E-state index in [4.69, 9.17) is 0 Å². The number of carbonyl (C=O) groups excluding carboxylic acids is 2. The minimum atomic E-state index is -0.0583. The summed E-state index contributed by atoms with van der Waals surface area (Å²) < 4.78 is 0.